The maximum absolute atomic E-state index is 12.4. The number of hydrogen-bond acceptors (Lipinski definition) is 1. The maximum Gasteiger partial charge on any atom is 0.123 e. The Morgan fingerprint density at radius 2 is 2.00 bits per heavy atom. The van der Waals surface area contributed by atoms with Crippen molar-refractivity contribution in [2.45, 2.75) is 13.3 Å². The molecule has 0 aromatic heterocycles. The van der Waals surface area contributed by atoms with Crippen LogP contribution >= 0.6 is 0 Å². The first-order valence-electron chi connectivity index (χ1n) is 3.92. The third kappa shape index (κ3) is 2.46. The molecule has 2 heteroatoms. The molecule has 0 aliphatic heterocycles. The lowest BCUT2D eigenvalue weighted by Crippen LogP contribution is -2.00. The molecule has 0 saturated heterocycles. The van der Waals surface area contributed by atoms with E-state index in [1.165, 1.54) is 12.1 Å². The summed E-state index contributed by atoms with van der Waals surface area (Å²) < 4.78 is 12.4. The van der Waals surface area contributed by atoms with Gasteiger partial charge in [-0.1, -0.05) is 19.1 Å². The van der Waals surface area contributed by atoms with Gasteiger partial charge in [0.15, 0.2) is 0 Å². The van der Waals surface area contributed by atoms with E-state index in [2.05, 4.69) is 0 Å². The van der Waals surface area contributed by atoms with E-state index >= 15 is 0 Å². The first kappa shape index (κ1) is 8.91. The summed E-state index contributed by atoms with van der Waals surface area (Å²) in [6.45, 7) is 1.84. The zero-order chi connectivity index (χ0) is 8.97. The van der Waals surface area contributed by atoms with Crippen LogP contribution in [0.15, 0.2) is 24.3 Å². The fourth-order valence-corrected chi connectivity index (χ4v) is 1.04. The largest absolute Gasteiger partial charge is 0.303 e. The molecular formula is C10H11FO. The molecule has 0 fully saturated rings. The summed E-state index contributed by atoms with van der Waals surface area (Å²) in [5, 5.41) is 0. The summed E-state index contributed by atoms with van der Waals surface area (Å²) >= 11 is 0. The first-order valence-corrected chi connectivity index (χ1v) is 3.92. The van der Waals surface area contributed by atoms with Gasteiger partial charge in [0.05, 0.1) is 0 Å². The lowest BCUT2D eigenvalue weighted by molar-refractivity contribution is -0.110. The van der Waals surface area contributed by atoms with Gasteiger partial charge in [-0.15, -0.1) is 0 Å². The van der Waals surface area contributed by atoms with Crippen molar-refractivity contribution in [3.63, 3.8) is 0 Å². The van der Waals surface area contributed by atoms with Crippen molar-refractivity contribution in [3.05, 3.63) is 35.6 Å². The smallest absolute Gasteiger partial charge is 0.123 e. The second-order valence-corrected chi connectivity index (χ2v) is 2.94. The van der Waals surface area contributed by atoms with Crippen LogP contribution in [0.2, 0.25) is 0 Å². The predicted octanol–water partition coefficient (Wildman–Crippen LogP) is 2.20. The molecule has 1 rings (SSSR count). The highest BCUT2D eigenvalue weighted by atomic mass is 19.1. The Bertz CT molecular complexity index is 253. The van der Waals surface area contributed by atoms with E-state index in [1.54, 1.807) is 12.1 Å². The molecule has 0 spiro atoms. The van der Waals surface area contributed by atoms with Crippen molar-refractivity contribution < 1.29 is 9.18 Å². The molecule has 64 valence electrons. The summed E-state index contributed by atoms with van der Waals surface area (Å²) in [5.41, 5.74) is 0.996. The number of aldehydes is 1. The van der Waals surface area contributed by atoms with E-state index in [0.717, 1.165) is 11.8 Å². The zero-order valence-corrected chi connectivity index (χ0v) is 6.96. The minimum atomic E-state index is -0.238. The number of carbonyl (C=O) groups is 1. The van der Waals surface area contributed by atoms with Crippen LogP contribution in [0, 0.1) is 11.7 Å². The monoisotopic (exact) mass is 166 g/mol. The van der Waals surface area contributed by atoms with Crippen molar-refractivity contribution in [2.24, 2.45) is 5.92 Å². The van der Waals surface area contributed by atoms with Crippen LogP contribution in [-0.2, 0) is 11.2 Å². The van der Waals surface area contributed by atoms with Crippen molar-refractivity contribution in [1.82, 2.24) is 0 Å². The number of rotatable bonds is 3. The molecule has 1 nitrogen and oxygen atoms in total. The van der Waals surface area contributed by atoms with Gasteiger partial charge in [0.25, 0.3) is 0 Å². The molecule has 0 amide bonds. The number of carbonyl (C=O) groups excluding carboxylic acids is 1. The Morgan fingerprint density at radius 1 is 1.42 bits per heavy atom. The maximum atomic E-state index is 12.4. The molecule has 0 heterocycles. The first-order chi connectivity index (χ1) is 5.72. The SMILES string of the molecule is CC(C=O)Cc1ccc(F)cc1. The second kappa shape index (κ2) is 4.00. The average Bonchev–Trinajstić information content (AvgIpc) is 2.09. The fourth-order valence-electron chi connectivity index (χ4n) is 1.04. The predicted molar refractivity (Wildman–Crippen MR) is 45.3 cm³/mol. The Labute approximate surface area is 71.2 Å². The third-order valence-corrected chi connectivity index (χ3v) is 1.70. The van der Waals surface area contributed by atoms with Gasteiger partial charge in [-0.25, -0.2) is 4.39 Å². The number of benzene rings is 1. The van der Waals surface area contributed by atoms with E-state index in [-0.39, 0.29) is 11.7 Å². The van der Waals surface area contributed by atoms with Crippen LogP contribution in [0.25, 0.3) is 0 Å². The van der Waals surface area contributed by atoms with Crippen LogP contribution in [0.4, 0.5) is 4.39 Å². The minimum Gasteiger partial charge on any atom is -0.303 e. The van der Waals surface area contributed by atoms with E-state index in [0.29, 0.717) is 6.42 Å². The van der Waals surface area contributed by atoms with Crippen molar-refractivity contribution in [1.29, 1.82) is 0 Å². The molecule has 1 atom stereocenters. The summed E-state index contributed by atoms with van der Waals surface area (Å²) in [7, 11) is 0. The molecule has 0 aliphatic rings. The van der Waals surface area contributed by atoms with E-state index in [4.69, 9.17) is 0 Å². The average molecular weight is 166 g/mol. The van der Waals surface area contributed by atoms with Gasteiger partial charge in [-0.3, -0.25) is 0 Å². The highest BCUT2D eigenvalue weighted by Crippen LogP contribution is 2.07. The van der Waals surface area contributed by atoms with Gasteiger partial charge in [0.1, 0.15) is 12.1 Å². The normalized spacial score (nSPS) is 12.5. The lowest BCUT2D eigenvalue weighted by atomic mass is 10.0. The van der Waals surface area contributed by atoms with Gasteiger partial charge in [0.2, 0.25) is 0 Å². The molecule has 0 radical (unpaired) electrons. The van der Waals surface area contributed by atoms with Crippen molar-refractivity contribution in [3.8, 4) is 0 Å². The molecule has 1 unspecified atom stereocenters. The fraction of sp³-hybridized carbons (Fsp3) is 0.300. The van der Waals surface area contributed by atoms with E-state index in [1.807, 2.05) is 6.92 Å². The minimum absolute atomic E-state index is 0.00969. The van der Waals surface area contributed by atoms with Crippen molar-refractivity contribution in [2.75, 3.05) is 0 Å². The second-order valence-electron chi connectivity index (χ2n) is 2.94. The number of halogens is 1. The molecule has 0 aliphatic carbocycles. The summed E-state index contributed by atoms with van der Waals surface area (Å²) in [6.07, 6.45) is 1.59. The van der Waals surface area contributed by atoms with Crippen molar-refractivity contribution >= 4 is 6.29 Å². The van der Waals surface area contributed by atoms with Gasteiger partial charge < -0.3 is 4.79 Å². The quantitative estimate of drug-likeness (QED) is 0.629. The van der Waals surface area contributed by atoms with Crippen LogP contribution in [0.5, 0.6) is 0 Å². The molecule has 1 aromatic carbocycles. The number of hydrogen-bond donors (Lipinski definition) is 0. The molecule has 0 N–H and O–H groups in total. The summed E-state index contributed by atoms with van der Waals surface area (Å²) in [4.78, 5) is 10.3. The third-order valence-electron chi connectivity index (χ3n) is 1.70. The van der Waals surface area contributed by atoms with Gasteiger partial charge in [-0.2, -0.15) is 0 Å². The summed E-state index contributed by atoms with van der Waals surface area (Å²) in [6, 6.07) is 6.23. The Hall–Kier alpha value is -1.18. The van der Waals surface area contributed by atoms with Gasteiger partial charge in [-0.05, 0) is 24.1 Å². The van der Waals surface area contributed by atoms with Crippen LogP contribution < -0.4 is 0 Å². The Kier molecular flexibility index (Phi) is 2.97. The van der Waals surface area contributed by atoms with Gasteiger partial charge in [0, 0.05) is 5.92 Å². The highest BCUT2D eigenvalue weighted by Gasteiger charge is 2.00. The van der Waals surface area contributed by atoms with Crippen LogP contribution in [-0.4, -0.2) is 6.29 Å². The van der Waals surface area contributed by atoms with Crippen LogP contribution in [0.3, 0.4) is 0 Å². The topological polar surface area (TPSA) is 17.1 Å². The highest BCUT2D eigenvalue weighted by molar-refractivity contribution is 5.53. The summed E-state index contributed by atoms with van der Waals surface area (Å²) in [5.74, 6) is -0.229. The Morgan fingerprint density at radius 3 is 2.50 bits per heavy atom. The molecular weight excluding hydrogens is 155 g/mol. The van der Waals surface area contributed by atoms with Gasteiger partial charge >= 0.3 is 0 Å². The van der Waals surface area contributed by atoms with E-state index < -0.39 is 0 Å². The Balaban J connectivity index is 2.64. The molecule has 0 saturated carbocycles. The molecule has 1 aromatic rings. The van der Waals surface area contributed by atoms with Crippen LogP contribution in [0.1, 0.15) is 12.5 Å². The standard InChI is InChI=1S/C10H11FO/c1-8(7-12)6-9-2-4-10(11)5-3-9/h2-5,7-8H,6H2,1H3. The van der Waals surface area contributed by atoms with E-state index in [9.17, 15) is 9.18 Å². The molecule has 12 heavy (non-hydrogen) atoms. The zero-order valence-electron chi connectivity index (χ0n) is 6.96. The lowest BCUT2D eigenvalue weighted by Gasteiger charge is -2.02. The molecule has 0 bridgehead atoms.